The van der Waals surface area contributed by atoms with Crippen LogP contribution in [0.2, 0.25) is 0 Å². The van der Waals surface area contributed by atoms with E-state index < -0.39 is 25.1 Å². The molecule has 0 fully saturated rings. The van der Waals surface area contributed by atoms with E-state index >= 15 is 0 Å². The van der Waals surface area contributed by atoms with E-state index in [1.54, 1.807) is 6.08 Å². The summed E-state index contributed by atoms with van der Waals surface area (Å²) in [6.45, 7) is 1.65. The lowest BCUT2D eigenvalue weighted by Gasteiger charge is -2.16. The molecular weight excluding hydrogens is 216 g/mol. The average molecular weight is 230 g/mol. The monoisotopic (exact) mass is 230 g/mol. The second kappa shape index (κ2) is 6.79. The van der Waals surface area contributed by atoms with E-state index in [9.17, 15) is 17.6 Å². The van der Waals surface area contributed by atoms with Gasteiger partial charge >= 0.3 is 12.3 Å². The number of aliphatic hydroxyl groups is 1. The van der Waals surface area contributed by atoms with Crippen molar-refractivity contribution < 1.29 is 27.4 Å². The molecule has 0 aromatic carbocycles. The fraction of sp³-hybridized carbons (Fsp3) is 0.778. The van der Waals surface area contributed by atoms with Crippen molar-refractivity contribution in [2.75, 3.05) is 13.2 Å². The zero-order valence-corrected chi connectivity index (χ0v) is 8.13. The van der Waals surface area contributed by atoms with Crippen molar-refractivity contribution in [1.29, 1.82) is 0 Å². The molecule has 90 valence electrons. The Hall–Kier alpha value is -0.620. The standard InChI is InChI=1S/C9H14F4O2/c1-2-3-4-7(14)5-15-6-9(12,13)8(10)11/h2,7-8,14H,1,3-6H2. The van der Waals surface area contributed by atoms with Crippen molar-refractivity contribution in [3.63, 3.8) is 0 Å². The van der Waals surface area contributed by atoms with Gasteiger partial charge in [0.1, 0.15) is 6.61 Å². The molecule has 0 aromatic rings. The number of halogens is 4. The van der Waals surface area contributed by atoms with Crippen LogP contribution < -0.4 is 0 Å². The summed E-state index contributed by atoms with van der Waals surface area (Å²) < 4.78 is 52.1. The molecule has 1 N–H and O–H groups in total. The SMILES string of the molecule is C=CCCC(O)COCC(F)(F)C(F)F. The van der Waals surface area contributed by atoms with Crippen LogP contribution in [0.3, 0.4) is 0 Å². The van der Waals surface area contributed by atoms with Gasteiger partial charge in [0, 0.05) is 0 Å². The summed E-state index contributed by atoms with van der Waals surface area (Å²) in [6, 6.07) is 0. The molecule has 0 bridgehead atoms. The molecule has 6 heteroatoms. The van der Waals surface area contributed by atoms with Crippen LogP contribution in [0.15, 0.2) is 12.7 Å². The number of hydrogen-bond acceptors (Lipinski definition) is 2. The van der Waals surface area contributed by atoms with Crippen LogP contribution in [-0.4, -0.2) is 36.8 Å². The maximum Gasteiger partial charge on any atom is 0.330 e. The second-order valence-electron chi connectivity index (χ2n) is 3.10. The van der Waals surface area contributed by atoms with E-state index in [0.29, 0.717) is 12.8 Å². The highest BCUT2D eigenvalue weighted by molar-refractivity contribution is 4.70. The molecule has 15 heavy (non-hydrogen) atoms. The molecule has 0 saturated carbocycles. The summed E-state index contributed by atoms with van der Waals surface area (Å²) in [5, 5.41) is 9.11. The Bertz CT molecular complexity index is 185. The Morgan fingerprint density at radius 1 is 1.40 bits per heavy atom. The van der Waals surface area contributed by atoms with Crippen LogP contribution in [0.5, 0.6) is 0 Å². The van der Waals surface area contributed by atoms with Crippen molar-refractivity contribution >= 4 is 0 Å². The predicted octanol–water partition coefficient (Wildman–Crippen LogP) is 2.23. The summed E-state index contributed by atoms with van der Waals surface area (Å²) in [6.07, 6.45) is -2.31. The molecule has 0 aromatic heterocycles. The average Bonchev–Trinajstić information content (AvgIpc) is 2.14. The van der Waals surface area contributed by atoms with Gasteiger partial charge in [-0.25, -0.2) is 8.78 Å². The van der Waals surface area contributed by atoms with Crippen LogP contribution in [-0.2, 0) is 4.74 Å². The smallest absolute Gasteiger partial charge is 0.330 e. The van der Waals surface area contributed by atoms with Gasteiger partial charge in [0.2, 0.25) is 0 Å². The first-order chi connectivity index (χ1) is 6.90. The number of rotatable bonds is 8. The van der Waals surface area contributed by atoms with E-state index in [1.807, 2.05) is 0 Å². The lowest BCUT2D eigenvalue weighted by atomic mass is 10.2. The fourth-order valence-corrected chi connectivity index (χ4v) is 0.788. The molecule has 0 saturated heterocycles. The third kappa shape index (κ3) is 6.46. The normalized spacial score (nSPS) is 14.3. The van der Waals surface area contributed by atoms with Crippen LogP contribution >= 0.6 is 0 Å². The van der Waals surface area contributed by atoms with Gasteiger partial charge in [-0.3, -0.25) is 0 Å². The Labute approximate surface area is 85.5 Å². The molecule has 0 aliphatic carbocycles. The summed E-state index contributed by atoms with van der Waals surface area (Å²) in [5.74, 6) is -4.15. The van der Waals surface area contributed by atoms with Crippen molar-refractivity contribution in [2.45, 2.75) is 31.3 Å². The van der Waals surface area contributed by atoms with Gasteiger partial charge in [0.05, 0.1) is 12.7 Å². The van der Waals surface area contributed by atoms with Gasteiger partial charge < -0.3 is 9.84 Å². The lowest BCUT2D eigenvalue weighted by molar-refractivity contribution is -0.170. The lowest BCUT2D eigenvalue weighted by Crippen LogP contribution is -2.33. The Balaban J connectivity index is 3.64. The zero-order chi connectivity index (χ0) is 11.9. The number of alkyl halides is 4. The van der Waals surface area contributed by atoms with Gasteiger partial charge in [0.25, 0.3) is 0 Å². The number of hydrogen-bond donors (Lipinski definition) is 1. The number of aliphatic hydroxyl groups excluding tert-OH is 1. The molecule has 0 aliphatic heterocycles. The summed E-state index contributed by atoms with van der Waals surface area (Å²) in [7, 11) is 0. The van der Waals surface area contributed by atoms with Crippen molar-refractivity contribution in [1.82, 2.24) is 0 Å². The third-order valence-corrected chi connectivity index (χ3v) is 1.63. The van der Waals surface area contributed by atoms with E-state index in [2.05, 4.69) is 11.3 Å². The van der Waals surface area contributed by atoms with E-state index in [-0.39, 0.29) is 6.61 Å². The van der Waals surface area contributed by atoms with Gasteiger partial charge in [-0.2, -0.15) is 8.78 Å². The van der Waals surface area contributed by atoms with Gasteiger partial charge in [-0.05, 0) is 12.8 Å². The Morgan fingerprint density at radius 3 is 2.47 bits per heavy atom. The molecule has 1 unspecified atom stereocenters. The van der Waals surface area contributed by atoms with Gasteiger partial charge in [-0.1, -0.05) is 6.08 Å². The third-order valence-electron chi connectivity index (χ3n) is 1.63. The summed E-state index contributed by atoms with van der Waals surface area (Å²) in [5.41, 5.74) is 0. The van der Waals surface area contributed by atoms with Crippen LogP contribution in [0.4, 0.5) is 17.6 Å². The van der Waals surface area contributed by atoms with Crippen molar-refractivity contribution in [2.24, 2.45) is 0 Å². The molecule has 0 amide bonds. The van der Waals surface area contributed by atoms with E-state index in [0.717, 1.165) is 0 Å². The molecule has 0 radical (unpaired) electrons. The summed E-state index contributed by atoms with van der Waals surface area (Å²) in [4.78, 5) is 0. The minimum Gasteiger partial charge on any atom is -0.391 e. The molecule has 0 spiro atoms. The molecule has 0 rings (SSSR count). The molecule has 0 heterocycles. The zero-order valence-electron chi connectivity index (χ0n) is 8.13. The Morgan fingerprint density at radius 2 is 2.00 bits per heavy atom. The van der Waals surface area contributed by atoms with Crippen molar-refractivity contribution in [3.05, 3.63) is 12.7 Å². The minimum atomic E-state index is -4.15. The largest absolute Gasteiger partial charge is 0.391 e. The van der Waals surface area contributed by atoms with Crippen LogP contribution in [0, 0.1) is 0 Å². The first kappa shape index (κ1) is 14.4. The summed E-state index contributed by atoms with van der Waals surface area (Å²) >= 11 is 0. The van der Waals surface area contributed by atoms with E-state index in [1.165, 1.54) is 0 Å². The highest BCUT2D eigenvalue weighted by atomic mass is 19.3. The maximum atomic E-state index is 12.3. The second-order valence-corrected chi connectivity index (χ2v) is 3.10. The fourth-order valence-electron chi connectivity index (χ4n) is 0.788. The molecule has 1 atom stereocenters. The molecule has 0 aliphatic rings. The van der Waals surface area contributed by atoms with Gasteiger partial charge in [0.15, 0.2) is 0 Å². The highest BCUT2D eigenvalue weighted by Gasteiger charge is 2.41. The first-order valence-corrected chi connectivity index (χ1v) is 4.43. The maximum absolute atomic E-state index is 12.3. The highest BCUT2D eigenvalue weighted by Crippen LogP contribution is 2.22. The minimum absolute atomic E-state index is 0.309. The number of allylic oxidation sites excluding steroid dienone is 1. The van der Waals surface area contributed by atoms with Crippen molar-refractivity contribution in [3.8, 4) is 0 Å². The molecular formula is C9H14F4O2. The quantitative estimate of drug-likeness (QED) is 0.512. The van der Waals surface area contributed by atoms with E-state index in [4.69, 9.17) is 5.11 Å². The molecule has 2 nitrogen and oxygen atoms in total. The number of ether oxygens (including phenoxy) is 1. The first-order valence-electron chi connectivity index (χ1n) is 4.43. The topological polar surface area (TPSA) is 29.5 Å². The predicted molar refractivity (Wildman–Crippen MR) is 47.2 cm³/mol. The van der Waals surface area contributed by atoms with Gasteiger partial charge in [-0.15, -0.1) is 6.58 Å². The van der Waals surface area contributed by atoms with Crippen LogP contribution in [0.1, 0.15) is 12.8 Å². The Kier molecular flexibility index (Phi) is 6.51. The van der Waals surface area contributed by atoms with Crippen LogP contribution in [0.25, 0.3) is 0 Å².